The molecule has 3 heterocycles. The van der Waals surface area contributed by atoms with Gasteiger partial charge in [0.1, 0.15) is 17.4 Å². The fraction of sp³-hybridized carbons (Fsp3) is 0.360. The van der Waals surface area contributed by atoms with Crippen molar-refractivity contribution in [1.29, 1.82) is 0 Å². The van der Waals surface area contributed by atoms with Gasteiger partial charge < -0.3 is 15.0 Å². The molecule has 3 aromatic heterocycles. The number of ether oxygens (including phenoxy) is 1. The second kappa shape index (κ2) is 8.35. The molecule has 1 aromatic carbocycles. The van der Waals surface area contributed by atoms with Crippen molar-refractivity contribution >= 4 is 11.3 Å². The van der Waals surface area contributed by atoms with Crippen molar-refractivity contribution in [2.75, 3.05) is 0 Å². The normalized spacial score (nSPS) is 16.5. The molecule has 1 aliphatic rings. The van der Waals surface area contributed by atoms with Crippen LogP contribution in [0.5, 0.6) is 5.75 Å². The summed E-state index contributed by atoms with van der Waals surface area (Å²) in [5, 5.41) is 7.01. The quantitative estimate of drug-likeness (QED) is 0.391. The number of hydrogen-bond acceptors (Lipinski definition) is 8. The van der Waals surface area contributed by atoms with Crippen LogP contribution < -0.4 is 10.5 Å². The summed E-state index contributed by atoms with van der Waals surface area (Å²) >= 11 is 1.59. The fourth-order valence-corrected chi connectivity index (χ4v) is 4.40. The monoisotopic (exact) mass is 461 g/mol. The van der Waals surface area contributed by atoms with E-state index in [0.717, 1.165) is 34.9 Å². The summed E-state index contributed by atoms with van der Waals surface area (Å²) in [7, 11) is 0. The highest BCUT2D eigenvalue weighted by Gasteiger charge is 2.45. The van der Waals surface area contributed by atoms with Gasteiger partial charge in [0, 0.05) is 28.8 Å². The van der Waals surface area contributed by atoms with Crippen molar-refractivity contribution in [3.05, 3.63) is 76.3 Å². The molecule has 0 saturated heterocycles. The summed E-state index contributed by atoms with van der Waals surface area (Å²) in [4.78, 5) is 13.6. The number of pyridine rings is 1. The summed E-state index contributed by atoms with van der Waals surface area (Å²) in [5.74, 6) is 2.17. The minimum Gasteiger partial charge on any atom is -0.486 e. The van der Waals surface area contributed by atoms with E-state index in [-0.39, 0.29) is 5.41 Å². The molecule has 0 spiro atoms. The number of nitrogens with two attached hydrogens (primary N) is 1. The summed E-state index contributed by atoms with van der Waals surface area (Å²) in [6.45, 7) is 7.13. The van der Waals surface area contributed by atoms with Gasteiger partial charge in [-0.25, -0.2) is 4.98 Å². The Morgan fingerprint density at radius 1 is 1.15 bits per heavy atom. The Hall–Kier alpha value is -3.10. The van der Waals surface area contributed by atoms with Crippen LogP contribution in [0.3, 0.4) is 0 Å². The Kier molecular flexibility index (Phi) is 5.50. The lowest BCUT2D eigenvalue weighted by molar-refractivity contribution is 0.305. The van der Waals surface area contributed by atoms with Crippen LogP contribution in [-0.4, -0.2) is 20.1 Å². The third-order valence-corrected chi connectivity index (χ3v) is 7.40. The molecule has 1 saturated carbocycles. The van der Waals surface area contributed by atoms with E-state index in [4.69, 9.17) is 20.0 Å². The summed E-state index contributed by atoms with van der Waals surface area (Å²) in [5.41, 5.74) is 8.44. The lowest BCUT2D eigenvalue weighted by Gasteiger charge is -2.34. The number of hydrogen-bond donors (Lipinski definition) is 1. The third-order valence-electron chi connectivity index (χ3n) is 6.65. The molecule has 2 N–H and O–H groups in total. The molecule has 7 nitrogen and oxygen atoms in total. The first kappa shape index (κ1) is 21.7. The van der Waals surface area contributed by atoms with E-state index in [1.807, 2.05) is 35.8 Å². The van der Waals surface area contributed by atoms with Crippen LogP contribution in [-0.2, 0) is 17.6 Å². The van der Waals surface area contributed by atoms with E-state index >= 15 is 0 Å². The van der Waals surface area contributed by atoms with Gasteiger partial charge in [-0.1, -0.05) is 31.1 Å². The van der Waals surface area contributed by atoms with Crippen molar-refractivity contribution in [2.24, 2.45) is 11.7 Å². The van der Waals surface area contributed by atoms with E-state index in [2.05, 4.69) is 48.0 Å². The SMILES string of the molecule is CC(C)C(C)(c1ccc(OCc2nccs2)cc1)c1ccc(-c2noc(C3(N)CC3)n2)cn1. The predicted octanol–water partition coefficient (Wildman–Crippen LogP) is 5.08. The molecular formula is C25H27N5O2S. The molecule has 1 unspecified atom stereocenters. The van der Waals surface area contributed by atoms with Crippen molar-refractivity contribution in [3.8, 4) is 17.1 Å². The average Bonchev–Trinajstić information content (AvgIpc) is 3.24. The molecule has 1 fully saturated rings. The van der Waals surface area contributed by atoms with E-state index in [9.17, 15) is 0 Å². The van der Waals surface area contributed by atoms with Crippen molar-refractivity contribution < 1.29 is 9.26 Å². The van der Waals surface area contributed by atoms with Crippen LogP contribution in [0.15, 0.2) is 58.7 Å². The van der Waals surface area contributed by atoms with Gasteiger partial charge in [0.05, 0.1) is 11.2 Å². The molecule has 33 heavy (non-hydrogen) atoms. The molecule has 5 rings (SSSR count). The Balaban J connectivity index is 1.36. The van der Waals surface area contributed by atoms with E-state index in [1.165, 1.54) is 5.56 Å². The Morgan fingerprint density at radius 3 is 2.55 bits per heavy atom. The highest BCUT2D eigenvalue weighted by molar-refractivity contribution is 7.09. The van der Waals surface area contributed by atoms with Crippen LogP contribution in [0, 0.1) is 5.92 Å². The standard InChI is InChI=1S/C25H27N5O2S/c1-16(2)24(3,18-5-7-19(8-6-18)31-15-21-27-12-13-33-21)20-9-4-17(14-28-20)22-29-23(32-30-22)25(26)10-11-25/h4-9,12-14,16H,10-11,15,26H2,1-3H3. The first-order valence-electron chi connectivity index (χ1n) is 11.1. The molecule has 0 bridgehead atoms. The Morgan fingerprint density at radius 2 is 1.94 bits per heavy atom. The van der Waals surface area contributed by atoms with Gasteiger partial charge in [-0.05, 0) is 55.5 Å². The van der Waals surface area contributed by atoms with Crippen LogP contribution in [0.4, 0.5) is 0 Å². The van der Waals surface area contributed by atoms with Gasteiger partial charge in [-0.15, -0.1) is 11.3 Å². The van der Waals surface area contributed by atoms with Gasteiger partial charge in [0.15, 0.2) is 0 Å². The fourth-order valence-electron chi connectivity index (χ4n) is 3.87. The minimum atomic E-state index is -0.439. The molecule has 170 valence electrons. The maximum atomic E-state index is 6.17. The number of thiazole rings is 1. The molecule has 1 atom stereocenters. The molecular weight excluding hydrogens is 434 g/mol. The van der Waals surface area contributed by atoms with E-state index < -0.39 is 5.54 Å². The van der Waals surface area contributed by atoms with Crippen molar-refractivity contribution in [3.63, 3.8) is 0 Å². The van der Waals surface area contributed by atoms with Crippen LogP contribution in [0.25, 0.3) is 11.4 Å². The Bertz CT molecular complexity index is 1210. The lowest BCUT2D eigenvalue weighted by atomic mass is 9.70. The molecule has 1 aliphatic carbocycles. The zero-order chi connectivity index (χ0) is 23.1. The summed E-state index contributed by atoms with van der Waals surface area (Å²) in [6.07, 6.45) is 5.37. The van der Waals surface area contributed by atoms with Gasteiger partial charge in [-0.2, -0.15) is 4.98 Å². The third kappa shape index (κ3) is 4.16. The molecule has 0 aliphatic heterocycles. The number of nitrogens with zero attached hydrogens (tertiary/aromatic N) is 4. The van der Waals surface area contributed by atoms with Gasteiger partial charge >= 0.3 is 0 Å². The first-order chi connectivity index (χ1) is 15.9. The molecule has 4 aromatic rings. The van der Waals surface area contributed by atoms with E-state index in [1.54, 1.807) is 17.5 Å². The zero-order valence-corrected chi connectivity index (χ0v) is 19.8. The second-order valence-electron chi connectivity index (χ2n) is 9.11. The lowest BCUT2D eigenvalue weighted by Crippen LogP contribution is -2.31. The Labute approximate surface area is 197 Å². The smallest absolute Gasteiger partial charge is 0.247 e. The minimum absolute atomic E-state index is 0.274. The first-order valence-corrected chi connectivity index (χ1v) is 12.0. The maximum Gasteiger partial charge on any atom is 0.247 e. The van der Waals surface area contributed by atoms with Crippen molar-refractivity contribution in [2.45, 2.75) is 51.2 Å². The highest BCUT2D eigenvalue weighted by atomic mass is 32.1. The predicted molar refractivity (Wildman–Crippen MR) is 127 cm³/mol. The van der Waals surface area contributed by atoms with Crippen molar-refractivity contribution in [1.82, 2.24) is 20.1 Å². The van der Waals surface area contributed by atoms with Crippen LogP contribution in [0.2, 0.25) is 0 Å². The molecule has 0 amide bonds. The maximum absolute atomic E-state index is 6.17. The van der Waals surface area contributed by atoms with Gasteiger partial charge in [0.2, 0.25) is 11.7 Å². The highest BCUT2D eigenvalue weighted by Crippen LogP contribution is 2.42. The molecule has 0 radical (unpaired) electrons. The van der Waals surface area contributed by atoms with Crippen LogP contribution in [0.1, 0.15) is 55.8 Å². The number of rotatable bonds is 8. The second-order valence-corrected chi connectivity index (χ2v) is 10.1. The largest absolute Gasteiger partial charge is 0.486 e. The summed E-state index contributed by atoms with van der Waals surface area (Å²) < 4.78 is 11.3. The van der Waals surface area contributed by atoms with E-state index in [0.29, 0.717) is 24.2 Å². The summed E-state index contributed by atoms with van der Waals surface area (Å²) in [6, 6.07) is 12.3. The topological polar surface area (TPSA) is 100.0 Å². The van der Waals surface area contributed by atoms with Crippen LogP contribution >= 0.6 is 11.3 Å². The van der Waals surface area contributed by atoms with Gasteiger partial charge in [-0.3, -0.25) is 4.98 Å². The number of aromatic nitrogens is 4. The molecule has 8 heteroatoms. The zero-order valence-electron chi connectivity index (χ0n) is 19.0. The number of benzene rings is 1. The van der Waals surface area contributed by atoms with Gasteiger partial charge in [0.25, 0.3) is 0 Å². The average molecular weight is 462 g/mol.